The van der Waals surface area contributed by atoms with Crippen molar-refractivity contribution < 1.29 is 0 Å². The van der Waals surface area contributed by atoms with Crippen molar-refractivity contribution >= 4 is 0 Å². The number of nitrogens with two attached hydrogens (primary N) is 1. The lowest BCUT2D eigenvalue weighted by Gasteiger charge is -2.02. The summed E-state index contributed by atoms with van der Waals surface area (Å²) in [6.45, 7) is 2.95. The highest BCUT2D eigenvalue weighted by Crippen LogP contribution is 2.07. The second-order valence-corrected chi connectivity index (χ2v) is 3.11. The van der Waals surface area contributed by atoms with Gasteiger partial charge in [0.15, 0.2) is 0 Å². The van der Waals surface area contributed by atoms with Crippen LogP contribution in [0.1, 0.15) is 24.5 Å². The molecule has 0 atom stereocenters. The van der Waals surface area contributed by atoms with E-state index in [1.54, 1.807) is 0 Å². The summed E-state index contributed by atoms with van der Waals surface area (Å²) < 4.78 is 0. The number of rotatable bonds is 4. The molecule has 0 saturated carbocycles. The first-order chi connectivity index (χ1) is 5.86. The van der Waals surface area contributed by atoms with Gasteiger partial charge >= 0.3 is 0 Å². The molecule has 1 aromatic carbocycles. The summed E-state index contributed by atoms with van der Waals surface area (Å²) in [5.41, 5.74) is 8.28. The maximum absolute atomic E-state index is 5.48. The fraction of sp³-hybridized carbons (Fsp3) is 0.455. The van der Waals surface area contributed by atoms with Crippen molar-refractivity contribution in [1.29, 1.82) is 0 Å². The first-order valence-corrected chi connectivity index (χ1v) is 4.64. The smallest absolute Gasteiger partial charge is 0.00367 e. The van der Waals surface area contributed by atoms with Crippen LogP contribution in [0.5, 0.6) is 0 Å². The molecule has 1 rings (SSSR count). The van der Waals surface area contributed by atoms with Crippen molar-refractivity contribution in [3.05, 3.63) is 35.4 Å². The van der Waals surface area contributed by atoms with E-state index in [-0.39, 0.29) is 0 Å². The van der Waals surface area contributed by atoms with Gasteiger partial charge in [0.25, 0.3) is 0 Å². The van der Waals surface area contributed by atoms with Crippen LogP contribution in [0.2, 0.25) is 0 Å². The molecule has 2 N–H and O–H groups in total. The van der Waals surface area contributed by atoms with Crippen LogP contribution in [-0.2, 0) is 12.8 Å². The van der Waals surface area contributed by atoms with Crippen molar-refractivity contribution in [2.75, 3.05) is 6.54 Å². The predicted octanol–water partition coefficient (Wildman–Crippen LogP) is 2.14. The molecule has 0 saturated heterocycles. The largest absolute Gasteiger partial charge is 0.330 e. The van der Waals surface area contributed by atoms with Crippen molar-refractivity contribution in [3.63, 3.8) is 0 Å². The molecule has 0 aliphatic heterocycles. The molecule has 0 aromatic heterocycles. The Kier molecular flexibility index (Phi) is 3.81. The first-order valence-electron chi connectivity index (χ1n) is 4.64. The van der Waals surface area contributed by atoms with Gasteiger partial charge in [-0.1, -0.05) is 37.6 Å². The van der Waals surface area contributed by atoms with Crippen LogP contribution in [0, 0.1) is 0 Å². The number of hydrogen-bond donors (Lipinski definition) is 1. The quantitative estimate of drug-likeness (QED) is 0.723. The van der Waals surface area contributed by atoms with Gasteiger partial charge in [0.1, 0.15) is 0 Å². The number of benzene rings is 1. The van der Waals surface area contributed by atoms with Crippen LogP contribution in [0.25, 0.3) is 0 Å². The molecule has 1 heteroatoms. The molecule has 66 valence electrons. The Morgan fingerprint density at radius 3 is 2.42 bits per heavy atom. The van der Waals surface area contributed by atoms with Crippen LogP contribution in [-0.4, -0.2) is 6.54 Å². The van der Waals surface area contributed by atoms with E-state index in [0.717, 1.165) is 13.0 Å². The Bertz CT molecular complexity index is 209. The van der Waals surface area contributed by atoms with Crippen LogP contribution in [0.4, 0.5) is 0 Å². The minimum atomic E-state index is 0.746. The molecule has 0 unspecified atom stereocenters. The highest BCUT2D eigenvalue weighted by Gasteiger charge is 1.93. The Morgan fingerprint density at radius 1 is 1.17 bits per heavy atom. The fourth-order valence-electron chi connectivity index (χ4n) is 1.40. The lowest BCUT2D eigenvalue weighted by Crippen LogP contribution is -2.02. The van der Waals surface area contributed by atoms with Crippen LogP contribution in [0.15, 0.2) is 24.3 Å². The van der Waals surface area contributed by atoms with E-state index in [2.05, 4.69) is 31.2 Å². The third kappa shape index (κ3) is 2.67. The molecule has 0 fully saturated rings. The van der Waals surface area contributed by atoms with Crippen molar-refractivity contribution in [1.82, 2.24) is 0 Å². The Balaban J connectivity index is 2.67. The number of aryl methyl sites for hydroxylation is 1. The lowest BCUT2D eigenvalue weighted by molar-refractivity contribution is 0.909. The molecule has 1 aromatic rings. The Hall–Kier alpha value is -0.820. The summed E-state index contributed by atoms with van der Waals surface area (Å²) in [5, 5.41) is 0. The van der Waals surface area contributed by atoms with E-state index < -0.39 is 0 Å². The third-order valence-electron chi connectivity index (χ3n) is 1.96. The normalized spacial score (nSPS) is 10.2. The zero-order valence-corrected chi connectivity index (χ0v) is 7.72. The van der Waals surface area contributed by atoms with Crippen LogP contribution in [0.3, 0.4) is 0 Å². The van der Waals surface area contributed by atoms with E-state index in [4.69, 9.17) is 5.73 Å². The van der Waals surface area contributed by atoms with Crippen molar-refractivity contribution in [3.8, 4) is 0 Å². The second kappa shape index (κ2) is 4.94. The molecule has 0 amide bonds. The van der Waals surface area contributed by atoms with E-state index >= 15 is 0 Å². The maximum Gasteiger partial charge on any atom is -0.00367 e. The lowest BCUT2D eigenvalue weighted by atomic mass is 10.1. The fourth-order valence-corrected chi connectivity index (χ4v) is 1.40. The molecule has 0 aliphatic rings. The zero-order chi connectivity index (χ0) is 8.81. The summed E-state index contributed by atoms with van der Waals surface area (Å²) in [4.78, 5) is 0. The third-order valence-corrected chi connectivity index (χ3v) is 1.96. The highest BCUT2D eigenvalue weighted by molar-refractivity contribution is 5.23. The topological polar surface area (TPSA) is 26.0 Å². The van der Waals surface area contributed by atoms with Gasteiger partial charge in [-0.05, 0) is 30.5 Å². The van der Waals surface area contributed by atoms with E-state index in [1.807, 2.05) is 0 Å². The molecular weight excluding hydrogens is 146 g/mol. The van der Waals surface area contributed by atoms with Gasteiger partial charge in [0.2, 0.25) is 0 Å². The van der Waals surface area contributed by atoms with Crippen molar-refractivity contribution in [2.45, 2.75) is 26.2 Å². The molecule has 12 heavy (non-hydrogen) atoms. The SMILES string of the molecule is CCCc1cccc(CCN)c1. The van der Waals surface area contributed by atoms with Crippen molar-refractivity contribution in [2.24, 2.45) is 5.73 Å². The summed E-state index contributed by atoms with van der Waals surface area (Å²) in [5.74, 6) is 0. The summed E-state index contributed by atoms with van der Waals surface area (Å²) in [6, 6.07) is 8.71. The van der Waals surface area contributed by atoms with Gasteiger partial charge in [-0.15, -0.1) is 0 Å². The Morgan fingerprint density at radius 2 is 1.83 bits per heavy atom. The Labute approximate surface area is 74.6 Å². The van der Waals surface area contributed by atoms with E-state index in [1.165, 1.54) is 24.0 Å². The van der Waals surface area contributed by atoms with Gasteiger partial charge in [-0.2, -0.15) is 0 Å². The predicted molar refractivity (Wildman–Crippen MR) is 53.2 cm³/mol. The summed E-state index contributed by atoms with van der Waals surface area (Å²) in [6.07, 6.45) is 3.39. The first kappa shape index (κ1) is 9.27. The van der Waals surface area contributed by atoms with Crippen LogP contribution < -0.4 is 5.73 Å². The minimum absolute atomic E-state index is 0.746. The molecule has 0 aliphatic carbocycles. The van der Waals surface area contributed by atoms with E-state index in [0.29, 0.717) is 0 Å². The van der Waals surface area contributed by atoms with Gasteiger partial charge in [0, 0.05) is 0 Å². The molecule has 0 spiro atoms. The van der Waals surface area contributed by atoms with Gasteiger partial charge < -0.3 is 5.73 Å². The average molecular weight is 163 g/mol. The highest BCUT2D eigenvalue weighted by atomic mass is 14.5. The maximum atomic E-state index is 5.48. The standard InChI is InChI=1S/C11H17N/c1-2-4-10-5-3-6-11(9-10)7-8-12/h3,5-6,9H,2,4,7-8,12H2,1H3. The van der Waals surface area contributed by atoms with E-state index in [9.17, 15) is 0 Å². The van der Waals surface area contributed by atoms with Gasteiger partial charge in [-0.3, -0.25) is 0 Å². The second-order valence-electron chi connectivity index (χ2n) is 3.11. The minimum Gasteiger partial charge on any atom is -0.330 e. The molecular formula is C11H17N. The zero-order valence-electron chi connectivity index (χ0n) is 7.72. The molecule has 0 bridgehead atoms. The van der Waals surface area contributed by atoms with Gasteiger partial charge in [0.05, 0.1) is 0 Å². The summed E-state index contributed by atoms with van der Waals surface area (Å²) in [7, 11) is 0. The number of hydrogen-bond acceptors (Lipinski definition) is 1. The van der Waals surface area contributed by atoms with Gasteiger partial charge in [-0.25, -0.2) is 0 Å². The average Bonchev–Trinajstić information content (AvgIpc) is 2.06. The molecule has 0 radical (unpaired) electrons. The molecule has 1 nitrogen and oxygen atoms in total. The monoisotopic (exact) mass is 163 g/mol. The molecule has 0 heterocycles. The van der Waals surface area contributed by atoms with Crippen LogP contribution >= 0.6 is 0 Å². The summed E-state index contributed by atoms with van der Waals surface area (Å²) >= 11 is 0.